The summed E-state index contributed by atoms with van der Waals surface area (Å²) in [6.07, 6.45) is 0. The van der Waals surface area contributed by atoms with Gasteiger partial charge in [-0.2, -0.15) is 4.98 Å². The van der Waals surface area contributed by atoms with Crippen molar-refractivity contribution in [3.63, 3.8) is 0 Å². The number of carbonyl (C=O) groups excluding carboxylic acids is 1. The Hall–Kier alpha value is -1.97. The topological polar surface area (TPSA) is 112 Å². The van der Waals surface area contributed by atoms with Crippen LogP contribution in [0, 0.1) is 6.92 Å². The van der Waals surface area contributed by atoms with Crippen LogP contribution in [-0.4, -0.2) is 42.0 Å². The Labute approximate surface area is 119 Å². The minimum atomic E-state index is -0.262. The molecule has 9 nitrogen and oxygen atoms in total. The van der Waals surface area contributed by atoms with Gasteiger partial charge in [-0.3, -0.25) is 10.1 Å². The maximum atomic E-state index is 11.7. The molecule has 0 radical (unpaired) electrons. The second-order valence-corrected chi connectivity index (χ2v) is 5.97. The summed E-state index contributed by atoms with van der Waals surface area (Å²) >= 11 is 1.24. The van der Waals surface area contributed by atoms with Gasteiger partial charge in [-0.15, -0.1) is 5.10 Å². The Kier molecular flexibility index (Phi) is 4.02. The highest BCUT2D eigenvalue weighted by atomic mass is 32.2. The minimum Gasteiger partial charge on any atom is -0.315 e. The van der Waals surface area contributed by atoms with Crippen LogP contribution in [0.25, 0.3) is 0 Å². The van der Waals surface area contributed by atoms with Gasteiger partial charge in [0, 0.05) is 0 Å². The normalized spacial score (nSPS) is 11.6. The molecule has 0 atom stereocenters. The average molecular weight is 297 g/mol. The van der Waals surface area contributed by atoms with E-state index in [4.69, 9.17) is 4.52 Å². The summed E-state index contributed by atoms with van der Waals surface area (Å²) in [7, 11) is 0. The fraction of sp³-hybridized carbons (Fsp3) is 0.600. The van der Waals surface area contributed by atoms with Crippen LogP contribution >= 0.6 is 11.8 Å². The van der Waals surface area contributed by atoms with Crippen LogP contribution in [0.3, 0.4) is 0 Å². The van der Waals surface area contributed by atoms with Crippen LogP contribution in [0.15, 0.2) is 9.68 Å². The number of tetrazole rings is 1. The molecule has 0 saturated carbocycles. The fourth-order valence-electron chi connectivity index (χ4n) is 1.32. The maximum absolute atomic E-state index is 11.7. The lowest BCUT2D eigenvalue weighted by Gasteiger charge is -2.19. The van der Waals surface area contributed by atoms with E-state index in [0.717, 1.165) is 0 Å². The third-order valence-corrected chi connectivity index (χ3v) is 3.10. The summed E-state index contributed by atoms with van der Waals surface area (Å²) in [6, 6.07) is 0.0866. The number of thioether (sulfide) groups is 1. The summed E-state index contributed by atoms with van der Waals surface area (Å²) in [5, 5.41) is 18.1. The minimum absolute atomic E-state index is 0.0866. The van der Waals surface area contributed by atoms with Crippen LogP contribution in [0.4, 0.5) is 6.01 Å². The molecule has 2 aromatic rings. The van der Waals surface area contributed by atoms with E-state index in [0.29, 0.717) is 11.0 Å². The highest BCUT2D eigenvalue weighted by molar-refractivity contribution is 7.99. The number of aryl methyl sites for hydroxylation is 1. The third-order valence-electron chi connectivity index (χ3n) is 2.18. The van der Waals surface area contributed by atoms with Gasteiger partial charge in [-0.05, 0) is 38.1 Å². The van der Waals surface area contributed by atoms with Crippen LogP contribution in [-0.2, 0) is 10.3 Å². The second-order valence-electron chi connectivity index (χ2n) is 5.03. The van der Waals surface area contributed by atoms with E-state index in [1.54, 1.807) is 11.6 Å². The first-order chi connectivity index (χ1) is 9.36. The summed E-state index contributed by atoms with van der Waals surface area (Å²) < 4.78 is 6.47. The van der Waals surface area contributed by atoms with Gasteiger partial charge in [0.15, 0.2) is 5.82 Å². The van der Waals surface area contributed by atoms with E-state index < -0.39 is 0 Å². The first-order valence-corrected chi connectivity index (χ1v) is 6.86. The molecule has 108 valence electrons. The lowest BCUT2D eigenvalue weighted by atomic mass is 10.1. The number of anilines is 1. The van der Waals surface area contributed by atoms with Gasteiger partial charge in [0.1, 0.15) is 0 Å². The Morgan fingerprint density at radius 1 is 1.45 bits per heavy atom. The molecule has 2 rings (SSSR count). The number of nitrogens with one attached hydrogen (secondary N) is 1. The van der Waals surface area contributed by atoms with Crippen molar-refractivity contribution in [2.45, 2.75) is 38.4 Å². The molecular weight excluding hydrogens is 282 g/mol. The fourth-order valence-corrected chi connectivity index (χ4v) is 2.18. The molecule has 0 aliphatic carbocycles. The van der Waals surface area contributed by atoms with Gasteiger partial charge in [-0.25, -0.2) is 4.68 Å². The van der Waals surface area contributed by atoms with Crippen molar-refractivity contribution in [2.75, 3.05) is 11.1 Å². The average Bonchev–Trinajstić information content (AvgIpc) is 2.94. The van der Waals surface area contributed by atoms with Gasteiger partial charge in [-0.1, -0.05) is 16.9 Å². The van der Waals surface area contributed by atoms with Crippen molar-refractivity contribution in [3.8, 4) is 0 Å². The highest BCUT2D eigenvalue weighted by Crippen LogP contribution is 2.21. The Balaban J connectivity index is 1.92. The Morgan fingerprint density at radius 3 is 2.80 bits per heavy atom. The van der Waals surface area contributed by atoms with Crippen LogP contribution < -0.4 is 5.32 Å². The van der Waals surface area contributed by atoms with Crippen LogP contribution in [0.5, 0.6) is 0 Å². The van der Waals surface area contributed by atoms with Crippen molar-refractivity contribution >= 4 is 23.7 Å². The number of hydrogen-bond acceptors (Lipinski definition) is 8. The van der Waals surface area contributed by atoms with E-state index >= 15 is 0 Å². The molecule has 0 aliphatic rings. The second kappa shape index (κ2) is 5.57. The zero-order valence-corrected chi connectivity index (χ0v) is 12.4. The Bertz CT molecular complexity index is 601. The number of amides is 1. The number of aromatic nitrogens is 6. The zero-order valence-electron chi connectivity index (χ0n) is 11.6. The number of rotatable bonds is 4. The summed E-state index contributed by atoms with van der Waals surface area (Å²) in [5.74, 6) is 0.351. The van der Waals surface area contributed by atoms with Crippen molar-refractivity contribution < 1.29 is 9.32 Å². The van der Waals surface area contributed by atoms with Gasteiger partial charge in [0.05, 0.1) is 11.3 Å². The standard InChI is InChI=1S/C10H15N7O2S/c1-6-11-8(19-14-6)12-7(18)5-20-9-13-15-16-17(9)10(2,3)4/h5H2,1-4H3,(H,11,12,14,18). The van der Waals surface area contributed by atoms with Crippen LogP contribution in [0.2, 0.25) is 0 Å². The molecule has 0 aliphatic heterocycles. The largest absolute Gasteiger partial charge is 0.328 e. The predicted octanol–water partition coefficient (Wildman–Crippen LogP) is 0.850. The van der Waals surface area contributed by atoms with Crippen molar-refractivity contribution in [1.29, 1.82) is 0 Å². The molecule has 0 saturated heterocycles. The predicted molar refractivity (Wildman–Crippen MR) is 71.2 cm³/mol. The molecule has 1 N–H and O–H groups in total. The van der Waals surface area contributed by atoms with Crippen molar-refractivity contribution in [2.24, 2.45) is 0 Å². The molecule has 1 amide bonds. The SMILES string of the molecule is Cc1noc(NC(=O)CSc2nnnn2C(C)(C)C)n1. The monoisotopic (exact) mass is 297 g/mol. The molecule has 0 aromatic carbocycles. The number of carbonyl (C=O) groups is 1. The molecule has 20 heavy (non-hydrogen) atoms. The third kappa shape index (κ3) is 3.53. The Morgan fingerprint density at radius 2 is 2.20 bits per heavy atom. The smallest absolute Gasteiger partial charge is 0.315 e. The van der Waals surface area contributed by atoms with E-state index in [9.17, 15) is 4.79 Å². The molecule has 0 unspecified atom stereocenters. The van der Waals surface area contributed by atoms with E-state index in [2.05, 4.69) is 31.0 Å². The molecule has 0 fully saturated rings. The summed E-state index contributed by atoms with van der Waals surface area (Å²) in [6.45, 7) is 7.61. The van der Waals surface area contributed by atoms with E-state index in [1.165, 1.54) is 11.8 Å². The maximum Gasteiger partial charge on any atom is 0.328 e. The van der Waals surface area contributed by atoms with Gasteiger partial charge in [0.25, 0.3) is 0 Å². The number of hydrogen-bond donors (Lipinski definition) is 1. The first-order valence-electron chi connectivity index (χ1n) is 5.88. The van der Waals surface area contributed by atoms with Gasteiger partial charge in [0.2, 0.25) is 11.1 Å². The molecule has 10 heteroatoms. The summed E-state index contributed by atoms with van der Waals surface area (Å²) in [4.78, 5) is 15.6. The molecular formula is C10H15N7O2S. The van der Waals surface area contributed by atoms with E-state index in [-0.39, 0.29) is 23.2 Å². The lowest BCUT2D eigenvalue weighted by Crippen LogP contribution is -2.24. The van der Waals surface area contributed by atoms with Crippen molar-refractivity contribution in [1.82, 2.24) is 30.3 Å². The van der Waals surface area contributed by atoms with Crippen molar-refractivity contribution in [3.05, 3.63) is 5.82 Å². The van der Waals surface area contributed by atoms with Crippen LogP contribution in [0.1, 0.15) is 26.6 Å². The molecule has 2 aromatic heterocycles. The van der Waals surface area contributed by atoms with Gasteiger partial charge < -0.3 is 4.52 Å². The lowest BCUT2D eigenvalue weighted by molar-refractivity contribution is -0.114. The number of nitrogens with zero attached hydrogens (tertiary/aromatic N) is 6. The molecule has 2 heterocycles. The zero-order chi connectivity index (χ0) is 14.8. The van der Waals surface area contributed by atoms with Gasteiger partial charge >= 0.3 is 6.01 Å². The first kappa shape index (κ1) is 14.4. The van der Waals surface area contributed by atoms with E-state index in [1.807, 2.05) is 20.8 Å². The quantitative estimate of drug-likeness (QED) is 0.827. The summed E-state index contributed by atoms with van der Waals surface area (Å²) in [5.41, 5.74) is -0.244. The molecule has 0 spiro atoms. The highest BCUT2D eigenvalue weighted by Gasteiger charge is 2.20. The molecule has 0 bridgehead atoms.